The van der Waals surface area contributed by atoms with E-state index >= 15 is 0 Å². The number of nitrogen functional groups attached to an aromatic ring is 1. The maximum absolute atomic E-state index is 13.8. The van der Waals surface area contributed by atoms with Gasteiger partial charge in [0, 0.05) is 24.5 Å². The van der Waals surface area contributed by atoms with Gasteiger partial charge >= 0.3 is 6.09 Å². The zero-order valence-electron chi connectivity index (χ0n) is 20.1. The number of alkyl carbamates (subject to hydrolysis) is 1. The molecule has 2 aromatic heterocycles. The van der Waals surface area contributed by atoms with Crippen LogP contribution in [0.15, 0.2) is 77.5 Å². The molecule has 9 heteroatoms. The Balaban J connectivity index is 1.64. The number of likely N-dealkylation sites (N-methyl/N-ethyl adjacent to an activating group) is 1. The van der Waals surface area contributed by atoms with Crippen LogP contribution in [-0.4, -0.2) is 42.1 Å². The van der Waals surface area contributed by atoms with Gasteiger partial charge in [-0.3, -0.25) is 4.79 Å². The van der Waals surface area contributed by atoms with Gasteiger partial charge in [0.15, 0.2) is 0 Å². The van der Waals surface area contributed by atoms with Crippen LogP contribution in [0.5, 0.6) is 0 Å². The predicted octanol–water partition coefficient (Wildman–Crippen LogP) is 5.16. The molecule has 2 aromatic carbocycles. The maximum Gasteiger partial charge on any atom is 0.407 e. The monoisotopic (exact) mass is 520 g/mol. The van der Waals surface area contributed by atoms with E-state index in [-0.39, 0.29) is 11.9 Å². The maximum atomic E-state index is 13.8. The number of nitrogens with two attached hydrogens (primary N) is 1. The normalized spacial score (nSPS) is 12.5. The number of hydrogen-bond acceptors (Lipinski definition) is 7. The number of amides is 2. The summed E-state index contributed by atoms with van der Waals surface area (Å²) in [5, 5.41) is 7.65. The van der Waals surface area contributed by atoms with Gasteiger partial charge in [0.1, 0.15) is 11.0 Å². The molecule has 186 valence electrons. The molecule has 7 nitrogen and oxygen atoms in total. The highest BCUT2D eigenvalue weighted by atomic mass is 32.1. The van der Waals surface area contributed by atoms with Crippen LogP contribution >= 0.6 is 22.7 Å². The molecule has 0 fully saturated rings. The van der Waals surface area contributed by atoms with Gasteiger partial charge in [-0.25, -0.2) is 9.78 Å². The van der Waals surface area contributed by atoms with Crippen molar-refractivity contribution in [2.24, 2.45) is 0 Å². The Morgan fingerprint density at radius 2 is 1.72 bits per heavy atom. The Morgan fingerprint density at radius 3 is 2.39 bits per heavy atom. The zero-order chi connectivity index (χ0) is 25.5. The van der Waals surface area contributed by atoms with E-state index < -0.39 is 12.1 Å². The van der Waals surface area contributed by atoms with Crippen molar-refractivity contribution in [3.8, 4) is 9.88 Å². The zero-order valence-corrected chi connectivity index (χ0v) is 21.7. The van der Waals surface area contributed by atoms with Gasteiger partial charge in [-0.2, -0.15) is 0 Å². The van der Waals surface area contributed by atoms with Crippen LogP contribution < -0.4 is 11.1 Å². The quantitative estimate of drug-likeness (QED) is 0.297. The summed E-state index contributed by atoms with van der Waals surface area (Å²) in [7, 11) is 3.04. The van der Waals surface area contributed by atoms with Crippen molar-refractivity contribution in [2.75, 3.05) is 19.9 Å². The highest BCUT2D eigenvalue weighted by Crippen LogP contribution is 2.33. The smallest absolute Gasteiger partial charge is 0.407 e. The number of ether oxygens (including phenoxy) is 1. The third-order valence-corrected chi connectivity index (χ3v) is 7.78. The Kier molecular flexibility index (Phi) is 8.35. The first-order valence-corrected chi connectivity index (χ1v) is 13.2. The number of methoxy groups -OCH3 is 1. The lowest BCUT2D eigenvalue weighted by Crippen LogP contribution is -2.49. The molecule has 0 saturated carbocycles. The molecule has 3 N–H and O–H groups in total. The average Bonchev–Trinajstić information content (AvgIpc) is 3.60. The second-order valence-corrected chi connectivity index (χ2v) is 10.1. The van der Waals surface area contributed by atoms with Gasteiger partial charge in [-0.05, 0) is 41.1 Å². The van der Waals surface area contributed by atoms with Gasteiger partial charge in [0.25, 0.3) is 0 Å². The first-order chi connectivity index (χ1) is 17.4. The summed E-state index contributed by atoms with van der Waals surface area (Å²) in [5.41, 5.74) is 9.32. The molecule has 0 saturated heterocycles. The lowest BCUT2D eigenvalue weighted by molar-refractivity contribution is -0.134. The van der Waals surface area contributed by atoms with Crippen molar-refractivity contribution >= 4 is 40.4 Å². The molecule has 0 bridgehead atoms. The summed E-state index contributed by atoms with van der Waals surface area (Å²) >= 11 is 3.18. The predicted molar refractivity (Wildman–Crippen MR) is 145 cm³/mol. The number of hydrogen-bond donors (Lipinski definition) is 2. The fourth-order valence-corrected chi connectivity index (χ4v) is 5.60. The number of rotatable bonds is 9. The van der Waals surface area contributed by atoms with Crippen LogP contribution in [-0.2, 0) is 22.4 Å². The average molecular weight is 521 g/mol. The Bertz CT molecular complexity index is 1270. The number of aromatic nitrogens is 1. The van der Waals surface area contributed by atoms with Crippen molar-refractivity contribution in [3.05, 3.63) is 94.3 Å². The fraction of sp³-hybridized carbons (Fsp3) is 0.222. The lowest BCUT2D eigenvalue weighted by atomic mass is 10.00. The second kappa shape index (κ2) is 11.8. The van der Waals surface area contributed by atoms with Gasteiger partial charge < -0.3 is 20.7 Å². The van der Waals surface area contributed by atoms with Crippen LogP contribution in [0, 0.1) is 0 Å². The minimum Gasteiger partial charge on any atom is -0.453 e. The van der Waals surface area contributed by atoms with Gasteiger partial charge in [-0.1, -0.05) is 48.5 Å². The van der Waals surface area contributed by atoms with Gasteiger partial charge in [0.2, 0.25) is 5.91 Å². The topological polar surface area (TPSA) is 97.5 Å². The van der Waals surface area contributed by atoms with E-state index in [1.165, 1.54) is 7.11 Å². The molecule has 4 rings (SSSR count). The molecule has 2 atom stereocenters. The summed E-state index contributed by atoms with van der Waals surface area (Å²) < 4.78 is 4.80. The highest BCUT2D eigenvalue weighted by Gasteiger charge is 2.31. The molecule has 0 unspecified atom stereocenters. The first kappa shape index (κ1) is 25.4. The Hall–Kier alpha value is -3.69. The largest absolute Gasteiger partial charge is 0.453 e. The number of thiazole rings is 1. The minimum absolute atomic E-state index is 0.227. The van der Waals surface area contributed by atoms with Crippen LogP contribution in [0.2, 0.25) is 0 Å². The second-order valence-electron chi connectivity index (χ2n) is 8.34. The molecule has 0 aliphatic heterocycles. The molecular weight excluding hydrogens is 492 g/mol. The SMILES string of the molecule is COC(=O)N[C@@H](Cc1ccccc1)C(=O)N(C)[C@@H](Cc1ccc(N)cc1)c1csc(-c2cccs2)n1. The van der Waals surface area contributed by atoms with Crippen molar-refractivity contribution in [1.82, 2.24) is 15.2 Å². The van der Waals surface area contributed by atoms with E-state index in [9.17, 15) is 9.59 Å². The fourth-order valence-electron chi connectivity index (χ4n) is 3.92. The lowest BCUT2D eigenvalue weighted by Gasteiger charge is -2.31. The van der Waals surface area contributed by atoms with E-state index in [2.05, 4.69) is 5.32 Å². The summed E-state index contributed by atoms with van der Waals surface area (Å²) in [5.74, 6) is -0.227. The van der Waals surface area contributed by atoms with Crippen molar-refractivity contribution in [2.45, 2.75) is 24.9 Å². The summed E-state index contributed by atoms with van der Waals surface area (Å²) in [4.78, 5) is 33.6. The van der Waals surface area contributed by atoms with Crippen LogP contribution in [0.25, 0.3) is 9.88 Å². The molecule has 0 aliphatic carbocycles. The van der Waals surface area contributed by atoms with E-state index in [0.29, 0.717) is 18.5 Å². The number of thiophene rings is 1. The molecule has 36 heavy (non-hydrogen) atoms. The van der Waals surface area contributed by atoms with E-state index in [4.69, 9.17) is 15.5 Å². The Morgan fingerprint density at radius 1 is 1.00 bits per heavy atom. The number of nitrogens with zero attached hydrogens (tertiary/aromatic N) is 2. The van der Waals surface area contributed by atoms with E-state index in [1.54, 1.807) is 34.6 Å². The third kappa shape index (κ3) is 6.30. The molecule has 2 amide bonds. The van der Waals surface area contributed by atoms with Crippen molar-refractivity contribution in [3.63, 3.8) is 0 Å². The van der Waals surface area contributed by atoms with E-state index in [1.807, 2.05) is 77.5 Å². The van der Waals surface area contributed by atoms with Crippen molar-refractivity contribution in [1.29, 1.82) is 0 Å². The number of carbonyl (C=O) groups excluding carboxylic acids is 2. The number of anilines is 1. The molecule has 0 aliphatic rings. The first-order valence-electron chi connectivity index (χ1n) is 11.4. The minimum atomic E-state index is -0.797. The summed E-state index contributed by atoms with van der Waals surface area (Å²) in [6, 6.07) is 20.1. The van der Waals surface area contributed by atoms with Crippen LogP contribution in [0.1, 0.15) is 22.9 Å². The molecule has 0 spiro atoms. The van der Waals surface area contributed by atoms with Gasteiger partial charge in [-0.15, -0.1) is 22.7 Å². The van der Waals surface area contributed by atoms with Gasteiger partial charge in [0.05, 0.1) is 23.7 Å². The number of benzene rings is 2. The molecule has 4 aromatic rings. The van der Waals surface area contributed by atoms with Crippen LogP contribution in [0.4, 0.5) is 10.5 Å². The summed E-state index contributed by atoms with van der Waals surface area (Å²) in [6.45, 7) is 0. The summed E-state index contributed by atoms with van der Waals surface area (Å²) in [6.07, 6.45) is 0.235. The standard InChI is InChI=1S/C27H28N4O3S2/c1-31(26(32)21(30-27(33)34-2)15-18-7-4-3-5-8-18)23(16-19-10-12-20(28)13-11-19)22-17-36-25(29-22)24-9-6-14-35-24/h3-14,17,21,23H,15-16,28H2,1-2H3,(H,30,33)/t21-,23-/m0/s1. The number of carbonyl (C=O) groups is 2. The Labute approximate surface area is 218 Å². The molecule has 2 heterocycles. The number of nitrogens with one attached hydrogen (secondary N) is 1. The third-order valence-electron chi connectivity index (χ3n) is 5.88. The highest BCUT2D eigenvalue weighted by molar-refractivity contribution is 7.20. The van der Waals surface area contributed by atoms with Crippen LogP contribution in [0.3, 0.4) is 0 Å². The molecular formula is C27H28N4O3S2. The van der Waals surface area contributed by atoms with Crippen molar-refractivity contribution < 1.29 is 14.3 Å². The molecule has 0 radical (unpaired) electrons. The van der Waals surface area contributed by atoms with E-state index in [0.717, 1.165) is 26.7 Å².